The number of nitrogens with zero attached hydrogens (tertiary/aromatic N) is 3. The first-order chi connectivity index (χ1) is 10.2. The van der Waals surface area contributed by atoms with Crippen LogP contribution in [-0.2, 0) is 11.2 Å². The van der Waals surface area contributed by atoms with Gasteiger partial charge in [0.05, 0.1) is 5.75 Å². The Bertz CT molecular complexity index is 479. The molecule has 6 nitrogen and oxygen atoms in total. The van der Waals surface area contributed by atoms with Crippen molar-refractivity contribution in [1.29, 1.82) is 0 Å². The predicted molar refractivity (Wildman–Crippen MR) is 82.2 cm³/mol. The summed E-state index contributed by atoms with van der Waals surface area (Å²) in [6.07, 6.45) is 5.72. The van der Waals surface area contributed by atoms with Gasteiger partial charge in [-0.05, 0) is 25.7 Å². The van der Waals surface area contributed by atoms with Gasteiger partial charge in [0.15, 0.2) is 0 Å². The highest BCUT2D eigenvalue weighted by molar-refractivity contribution is 7.99. The van der Waals surface area contributed by atoms with Gasteiger partial charge < -0.3 is 10.2 Å². The van der Waals surface area contributed by atoms with E-state index in [1.165, 1.54) is 24.6 Å². The minimum Gasteiger partial charge on any atom is -0.353 e. The van der Waals surface area contributed by atoms with Crippen LogP contribution in [0.3, 0.4) is 0 Å². The molecule has 2 aliphatic rings. The highest BCUT2D eigenvalue weighted by Crippen LogP contribution is 2.29. The maximum absolute atomic E-state index is 12.0. The molecule has 116 valence electrons. The number of aromatic amines is 1. The second-order valence-corrected chi connectivity index (χ2v) is 6.76. The molecule has 1 aromatic rings. The summed E-state index contributed by atoms with van der Waals surface area (Å²) >= 11 is 1.39. The van der Waals surface area contributed by atoms with Crippen molar-refractivity contribution in [2.75, 3.05) is 18.8 Å². The van der Waals surface area contributed by atoms with Crippen LogP contribution in [0.25, 0.3) is 0 Å². The highest BCUT2D eigenvalue weighted by atomic mass is 32.2. The molecular weight excluding hydrogens is 286 g/mol. The zero-order chi connectivity index (χ0) is 14.7. The van der Waals surface area contributed by atoms with E-state index in [1.54, 1.807) is 0 Å². The van der Waals surface area contributed by atoms with Crippen LogP contribution in [0.2, 0.25) is 0 Å². The number of hydrogen-bond acceptors (Lipinski definition) is 5. The molecule has 0 aromatic carbocycles. The van der Waals surface area contributed by atoms with Gasteiger partial charge in [-0.3, -0.25) is 9.89 Å². The summed E-state index contributed by atoms with van der Waals surface area (Å²) in [5.74, 6) is 1.35. The maximum Gasteiger partial charge on any atom is 0.230 e. The van der Waals surface area contributed by atoms with Crippen molar-refractivity contribution in [2.45, 2.75) is 56.3 Å². The van der Waals surface area contributed by atoms with Crippen LogP contribution in [0.5, 0.6) is 0 Å². The van der Waals surface area contributed by atoms with Gasteiger partial charge in [-0.25, -0.2) is 4.98 Å². The Morgan fingerprint density at radius 1 is 1.38 bits per heavy atom. The van der Waals surface area contributed by atoms with E-state index in [2.05, 4.69) is 25.4 Å². The Labute approximate surface area is 129 Å². The maximum atomic E-state index is 12.0. The molecule has 2 N–H and O–H groups in total. The summed E-state index contributed by atoms with van der Waals surface area (Å²) in [5, 5.41) is 10.7. The number of amides is 1. The number of H-pyrrole nitrogens is 1. The van der Waals surface area contributed by atoms with Crippen molar-refractivity contribution < 1.29 is 4.79 Å². The average molecular weight is 309 g/mol. The fourth-order valence-electron chi connectivity index (χ4n) is 2.75. The summed E-state index contributed by atoms with van der Waals surface area (Å²) in [6.45, 7) is 4.28. The quantitative estimate of drug-likeness (QED) is 0.773. The number of nitrogens with one attached hydrogen (secondary N) is 2. The monoisotopic (exact) mass is 309 g/mol. The van der Waals surface area contributed by atoms with Crippen molar-refractivity contribution in [3.8, 4) is 0 Å². The lowest BCUT2D eigenvalue weighted by atomic mass is 10.1. The summed E-state index contributed by atoms with van der Waals surface area (Å²) in [6, 6.07) is 1.18. The molecular formula is C14H23N5OS. The molecule has 2 heterocycles. The van der Waals surface area contributed by atoms with Gasteiger partial charge in [-0.1, -0.05) is 18.7 Å². The Kier molecular flexibility index (Phi) is 4.80. The lowest BCUT2D eigenvalue weighted by molar-refractivity contribution is -0.119. The molecule has 1 aliphatic carbocycles. The standard InChI is InChI=1S/C14H23N5OS/c1-2-12-16-14(18-17-12)21-9-13(20)15-10-5-7-19(8-6-10)11-3-4-11/h10-11H,2-9H2,1H3,(H,15,20)(H,16,17,18). The van der Waals surface area contributed by atoms with E-state index >= 15 is 0 Å². The van der Waals surface area contributed by atoms with Gasteiger partial charge in [0.25, 0.3) is 0 Å². The van der Waals surface area contributed by atoms with E-state index in [0.29, 0.717) is 17.0 Å². The first kappa shape index (κ1) is 14.8. The van der Waals surface area contributed by atoms with Crippen LogP contribution in [0, 0.1) is 0 Å². The molecule has 0 spiro atoms. The average Bonchev–Trinajstić information content (AvgIpc) is 3.25. The molecule has 1 saturated carbocycles. The number of hydrogen-bond donors (Lipinski definition) is 2. The smallest absolute Gasteiger partial charge is 0.230 e. The van der Waals surface area contributed by atoms with Crippen molar-refractivity contribution in [2.24, 2.45) is 0 Å². The van der Waals surface area contributed by atoms with Crippen molar-refractivity contribution in [3.05, 3.63) is 5.82 Å². The molecule has 3 rings (SSSR count). The van der Waals surface area contributed by atoms with E-state index in [9.17, 15) is 4.79 Å². The number of piperidine rings is 1. The third kappa shape index (κ3) is 4.20. The van der Waals surface area contributed by atoms with E-state index in [1.807, 2.05) is 6.92 Å². The van der Waals surface area contributed by atoms with Gasteiger partial charge in [-0.2, -0.15) is 0 Å². The number of carbonyl (C=O) groups excluding carboxylic acids is 1. The molecule has 1 aromatic heterocycles. The summed E-state index contributed by atoms with van der Waals surface area (Å²) in [5.41, 5.74) is 0. The molecule has 1 aliphatic heterocycles. The lowest BCUT2D eigenvalue weighted by Crippen LogP contribution is -2.45. The number of rotatable bonds is 6. The second kappa shape index (κ2) is 6.79. The van der Waals surface area contributed by atoms with Gasteiger partial charge >= 0.3 is 0 Å². The van der Waals surface area contributed by atoms with E-state index in [-0.39, 0.29) is 5.91 Å². The molecule has 0 atom stereocenters. The first-order valence-corrected chi connectivity index (χ1v) is 8.80. The SMILES string of the molecule is CCc1nc(SCC(=O)NC2CCN(C3CC3)CC2)n[nH]1. The lowest BCUT2D eigenvalue weighted by Gasteiger charge is -2.32. The summed E-state index contributed by atoms with van der Waals surface area (Å²) in [7, 11) is 0. The number of aryl methyl sites for hydroxylation is 1. The number of carbonyl (C=O) groups is 1. The van der Waals surface area contributed by atoms with E-state index in [4.69, 9.17) is 0 Å². The fraction of sp³-hybridized carbons (Fsp3) is 0.786. The largest absolute Gasteiger partial charge is 0.353 e. The highest BCUT2D eigenvalue weighted by Gasteiger charge is 2.32. The van der Waals surface area contributed by atoms with E-state index < -0.39 is 0 Å². The van der Waals surface area contributed by atoms with Crippen molar-refractivity contribution in [1.82, 2.24) is 25.4 Å². The number of thioether (sulfide) groups is 1. The molecule has 2 fully saturated rings. The van der Waals surface area contributed by atoms with Gasteiger partial charge in [0.2, 0.25) is 11.1 Å². The Morgan fingerprint density at radius 2 is 2.14 bits per heavy atom. The zero-order valence-electron chi connectivity index (χ0n) is 12.5. The predicted octanol–water partition coefficient (Wildman–Crippen LogP) is 1.20. The second-order valence-electron chi connectivity index (χ2n) is 5.82. The third-order valence-electron chi connectivity index (χ3n) is 4.14. The Hall–Kier alpha value is -1.08. The Balaban J connectivity index is 1.36. The van der Waals surface area contributed by atoms with Crippen LogP contribution in [0.15, 0.2) is 5.16 Å². The molecule has 1 amide bonds. The minimum absolute atomic E-state index is 0.0905. The number of likely N-dealkylation sites (tertiary alicyclic amines) is 1. The van der Waals surface area contributed by atoms with E-state index in [0.717, 1.165) is 44.2 Å². The Morgan fingerprint density at radius 3 is 2.76 bits per heavy atom. The number of aromatic nitrogens is 3. The van der Waals surface area contributed by atoms with Crippen molar-refractivity contribution >= 4 is 17.7 Å². The summed E-state index contributed by atoms with van der Waals surface area (Å²) in [4.78, 5) is 18.8. The van der Waals surface area contributed by atoms with Crippen LogP contribution in [0.1, 0.15) is 38.4 Å². The van der Waals surface area contributed by atoms with Gasteiger partial charge in [0, 0.05) is 31.6 Å². The van der Waals surface area contributed by atoms with Crippen LogP contribution >= 0.6 is 11.8 Å². The first-order valence-electron chi connectivity index (χ1n) is 7.82. The van der Waals surface area contributed by atoms with Crippen molar-refractivity contribution in [3.63, 3.8) is 0 Å². The molecule has 1 saturated heterocycles. The molecule has 0 bridgehead atoms. The summed E-state index contributed by atoms with van der Waals surface area (Å²) < 4.78 is 0. The fourth-order valence-corrected chi connectivity index (χ4v) is 3.38. The molecule has 7 heteroatoms. The minimum atomic E-state index is 0.0905. The molecule has 0 unspecified atom stereocenters. The normalized spacial score (nSPS) is 20.6. The third-order valence-corrected chi connectivity index (χ3v) is 4.98. The van der Waals surface area contributed by atoms with Gasteiger partial charge in [0.1, 0.15) is 5.82 Å². The van der Waals surface area contributed by atoms with Crippen LogP contribution < -0.4 is 5.32 Å². The van der Waals surface area contributed by atoms with Crippen LogP contribution in [-0.4, -0.2) is 56.9 Å². The molecule has 21 heavy (non-hydrogen) atoms. The molecule has 0 radical (unpaired) electrons. The zero-order valence-corrected chi connectivity index (χ0v) is 13.3. The topological polar surface area (TPSA) is 73.9 Å². The van der Waals surface area contributed by atoms with Crippen LogP contribution in [0.4, 0.5) is 0 Å². The van der Waals surface area contributed by atoms with Gasteiger partial charge in [-0.15, -0.1) is 5.10 Å².